The number of urea groups is 1. The van der Waals surface area contributed by atoms with Gasteiger partial charge in [0.2, 0.25) is 5.91 Å². The first-order valence-corrected chi connectivity index (χ1v) is 8.46. The van der Waals surface area contributed by atoms with E-state index in [1.165, 1.54) is 0 Å². The van der Waals surface area contributed by atoms with E-state index in [4.69, 9.17) is 0 Å². The fraction of sp³-hybridized carbons (Fsp3) is 0.556. The highest BCUT2D eigenvalue weighted by atomic mass is 16.2. The van der Waals surface area contributed by atoms with Gasteiger partial charge < -0.3 is 15.5 Å². The van der Waals surface area contributed by atoms with E-state index >= 15 is 0 Å². The highest BCUT2D eigenvalue weighted by Crippen LogP contribution is 2.14. The van der Waals surface area contributed by atoms with E-state index < -0.39 is 0 Å². The van der Waals surface area contributed by atoms with E-state index in [2.05, 4.69) is 10.6 Å². The molecule has 2 N–H and O–H groups in total. The summed E-state index contributed by atoms with van der Waals surface area (Å²) in [6.07, 6.45) is 3.03. The summed E-state index contributed by atoms with van der Waals surface area (Å²) >= 11 is 0. The van der Waals surface area contributed by atoms with E-state index in [0.29, 0.717) is 26.1 Å². The van der Waals surface area contributed by atoms with Crippen LogP contribution in [0.2, 0.25) is 0 Å². The number of hydrogen-bond acceptors (Lipinski definition) is 2. The van der Waals surface area contributed by atoms with Crippen molar-refractivity contribution < 1.29 is 9.59 Å². The van der Waals surface area contributed by atoms with Gasteiger partial charge in [0.1, 0.15) is 0 Å². The van der Waals surface area contributed by atoms with Crippen LogP contribution < -0.4 is 10.6 Å². The van der Waals surface area contributed by atoms with Crippen molar-refractivity contribution in [2.45, 2.75) is 45.6 Å². The number of piperidine rings is 1. The van der Waals surface area contributed by atoms with E-state index in [-0.39, 0.29) is 18.0 Å². The molecule has 1 heterocycles. The summed E-state index contributed by atoms with van der Waals surface area (Å²) in [5.41, 5.74) is 2.25. The van der Waals surface area contributed by atoms with Crippen LogP contribution in [0.25, 0.3) is 0 Å². The number of carbonyl (C=O) groups is 2. The second kappa shape index (κ2) is 8.56. The molecule has 5 heteroatoms. The number of benzene rings is 1. The first-order valence-electron chi connectivity index (χ1n) is 8.46. The molecule has 0 saturated carbocycles. The summed E-state index contributed by atoms with van der Waals surface area (Å²) < 4.78 is 0. The molecule has 0 radical (unpaired) electrons. The minimum Gasteiger partial charge on any atom is -0.342 e. The molecule has 0 bridgehead atoms. The average molecular weight is 317 g/mol. The lowest BCUT2D eigenvalue weighted by molar-refractivity contribution is -0.131. The SMILES string of the molecule is CCCNC(=O)NC1CCN(C(=O)Cc2ccccc2C)CC1. The third-order valence-electron chi connectivity index (χ3n) is 4.32. The van der Waals surface area contributed by atoms with Crippen LogP contribution >= 0.6 is 0 Å². The Morgan fingerprint density at radius 1 is 1.22 bits per heavy atom. The van der Waals surface area contributed by atoms with Crippen molar-refractivity contribution in [1.82, 2.24) is 15.5 Å². The molecule has 1 aliphatic heterocycles. The van der Waals surface area contributed by atoms with Gasteiger partial charge in [-0.2, -0.15) is 0 Å². The Balaban J connectivity index is 1.76. The number of hydrogen-bond donors (Lipinski definition) is 2. The Morgan fingerprint density at radius 3 is 2.57 bits per heavy atom. The average Bonchev–Trinajstić information content (AvgIpc) is 2.55. The summed E-state index contributed by atoms with van der Waals surface area (Å²) in [4.78, 5) is 26.0. The second-order valence-electron chi connectivity index (χ2n) is 6.16. The van der Waals surface area contributed by atoms with E-state index in [0.717, 1.165) is 30.4 Å². The Hall–Kier alpha value is -2.04. The Labute approximate surface area is 138 Å². The monoisotopic (exact) mass is 317 g/mol. The predicted molar refractivity (Wildman–Crippen MR) is 91.3 cm³/mol. The van der Waals surface area contributed by atoms with Gasteiger partial charge in [0.25, 0.3) is 0 Å². The van der Waals surface area contributed by atoms with Crippen LogP contribution in [0.5, 0.6) is 0 Å². The molecule has 1 aromatic carbocycles. The maximum absolute atomic E-state index is 12.4. The van der Waals surface area contributed by atoms with Gasteiger partial charge in [0.15, 0.2) is 0 Å². The molecule has 1 saturated heterocycles. The van der Waals surface area contributed by atoms with Crippen molar-refractivity contribution >= 4 is 11.9 Å². The fourth-order valence-electron chi connectivity index (χ4n) is 2.83. The molecule has 1 aromatic rings. The van der Waals surface area contributed by atoms with Crippen molar-refractivity contribution in [3.05, 3.63) is 35.4 Å². The molecular formula is C18H27N3O2. The first kappa shape index (κ1) is 17.3. The molecule has 0 aromatic heterocycles. The minimum atomic E-state index is -0.100. The molecular weight excluding hydrogens is 290 g/mol. The van der Waals surface area contributed by atoms with Gasteiger partial charge in [-0.25, -0.2) is 4.79 Å². The lowest BCUT2D eigenvalue weighted by Crippen LogP contribution is -2.49. The van der Waals surface area contributed by atoms with Crippen molar-refractivity contribution in [3.63, 3.8) is 0 Å². The number of likely N-dealkylation sites (tertiary alicyclic amines) is 1. The zero-order valence-corrected chi connectivity index (χ0v) is 14.1. The third-order valence-corrected chi connectivity index (χ3v) is 4.32. The topological polar surface area (TPSA) is 61.4 Å². The summed E-state index contributed by atoms with van der Waals surface area (Å²) in [6, 6.07) is 8.07. The van der Waals surface area contributed by atoms with Gasteiger partial charge in [-0.05, 0) is 37.3 Å². The Kier molecular flexibility index (Phi) is 6.44. The van der Waals surface area contributed by atoms with Crippen molar-refractivity contribution in [1.29, 1.82) is 0 Å². The molecule has 0 unspecified atom stereocenters. The first-order chi connectivity index (χ1) is 11.1. The fourth-order valence-corrected chi connectivity index (χ4v) is 2.83. The number of nitrogens with zero attached hydrogens (tertiary/aromatic N) is 1. The van der Waals surface area contributed by atoms with Gasteiger partial charge in [-0.1, -0.05) is 31.2 Å². The van der Waals surface area contributed by atoms with Crippen LogP contribution in [0.4, 0.5) is 4.79 Å². The second-order valence-corrected chi connectivity index (χ2v) is 6.16. The lowest BCUT2D eigenvalue weighted by Gasteiger charge is -2.32. The number of amides is 3. The maximum Gasteiger partial charge on any atom is 0.315 e. The summed E-state index contributed by atoms with van der Waals surface area (Å²) in [6.45, 7) is 6.18. The predicted octanol–water partition coefficient (Wildman–Crippen LogP) is 2.24. The molecule has 1 fully saturated rings. The smallest absolute Gasteiger partial charge is 0.315 e. The molecule has 5 nitrogen and oxygen atoms in total. The number of aryl methyl sites for hydroxylation is 1. The van der Waals surface area contributed by atoms with Gasteiger partial charge in [0.05, 0.1) is 6.42 Å². The van der Waals surface area contributed by atoms with Gasteiger partial charge in [-0.3, -0.25) is 4.79 Å². The molecule has 3 amide bonds. The van der Waals surface area contributed by atoms with Gasteiger partial charge in [0, 0.05) is 25.7 Å². The molecule has 2 rings (SSSR count). The molecule has 23 heavy (non-hydrogen) atoms. The van der Waals surface area contributed by atoms with Crippen LogP contribution in [-0.2, 0) is 11.2 Å². The molecule has 0 atom stereocenters. The Bertz CT molecular complexity index is 537. The standard InChI is InChI=1S/C18H27N3O2/c1-3-10-19-18(23)20-16-8-11-21(12-9-16)17(22)13-15-7-5-4-6-14(15)2/h4-7,16H,3,8-13H2,1-2H3,(H2,19,20,23). The van der Waals surface area contributed by atoms with Crippen LogP contribution in [0.3, 0.4) is 0 Å². The maximum atomic E-state index is 12.4. The molecule has 0 aliphatic carbocycles. The van der Waals surface area contributed by atoms with Crippen LogP contribution in [-0.4, -0.2) is 42.5 Å². The van der Waals surface area contributed by atoms with Crippen molar-refractivity contribution in [2.24, 2.45) is 0 Å². The summed E-state index contributed by atoms with van der Waals surface area (Å²) in [7, 11) is 0. The van der Waals surface area contributed by atoms with E-state index in [1.54, 1.807) is 0 Å². The zero-order chi connectivity index (χ0) is 16.7. The molecule has 1 aliphatic rings. The summed E-state index contributed by atoms with van der Waals surface area (Å²) in [5.74, 6) is 0.174. The summed E-state index contributed by atoms with van der Waals surface area (Å²) in [5, 5.41) is 5.81. The third kappa shape index (κ3) is 5.27. The quantitative estimate of drug-likeness (QED) is 0.875. The van der Waals surface area contributed by atoms with Crippen LogP contribution in [0.15, 0.2) is 24.3 Å². The largest absolute Gasteiger partial charge is 0.342 e. The number of carbonyl (C=O) groups excluding carboxylic acids is 2. The highest BCUT2D eigenvalue weighted by molar-refractivity contribution is 5.79. The van der Waals surface area contributed by atoms with Gasteiger partial charge >= 0.3 is 6.03 Å². The molecule has 0 spiro atoms. The zero-order valence-electron chi connectivity index (χ0n) is 14.1. The minimum absolute atomic E-state index is 0.100. The number of rotatable bonds is 5. The molecule has 126 valence electrons. The highest BCUT2D eigenvalue weighted by Gasteiger charge is 2.23. The van der Waals surface area contributed by atoms with Crippen molar-refractivity contribution in [2.75, 3.05) is 19.6 Å². The van der Waals surface area contributed by atoms with E-state index in [9.17, 15) is 9.59 Å². The van der Waals surface area contributed by atoms with Gasteiger partial charge in [-0.15, -0.1) is 0 Å². The van der Waals surface area contributed by atoms with Crippen LogP contribution in [0, 0.1) is 6.92 Å². The van der Waals surface area contributed by atoms with E-state index in [1.807, 2.05) is 43.0 Å². The lowest BCUT2D eigenvalue weighted by atomic mass is 10.0. The Morgan fingerprint density at radius 2 is 1.91 bits per heavy atom. The van der Waals surface area contributed by atoms with Crippen LogP contribution in [0.1, 0.15) is 37.3 Å². The normalized spacial score (nSPS) is 15.3. The van der Waals surface area contributed by atoms with Crippen molar-refractivity contribution in [3.8, 4) is 0 Å². The number of nitrogens with one attached hydrogen (secondary N) is 2.